The molecule has 1 aromatic carbocycles. The van der Waals surface area contributed by atoms with Crippen LogP contribution in [0.4, 0.5) is 0 Å². The van der Waals surface area contributed by atoms with E-state index in [-0.39, 0.29) is 12.0 Å². The van der Waals surface area contributed by atoms with E-state index < -0.39 is 5.97 Å². The zero-order chi connectivity index (χ0) is 13.5. The van der Waals surface area contributed by atoms with E-state index in [4.69, 9.17) is 9.62 Å². The van der Waals surface area contributed by atoms with Crippen LogP contribution >= 0.6 is 0 Å². The Labute approximate surface area is 108 Å². The van der Waals surface area contributed by atoms with Crippen LogP contribution in [-0.4, -0.2) is 12.1 Å². The van der Waals surface area contributed by atoms with Crippen LogP contribution in [0.25, 0.3) is 0 Å². The second-order valence-corrected chi connectivity index (χ2v) is 4.54. The van der Waals surface area contributed by atoms with Crippen molar-refractivity contribution in [1.82, 2.24) is 0 Å². The molecule has 0 N–H and O–H groups in total. The molecule has 0 bridgehead atoms. The van der Waals surface area contributed by atoms with E-state index in [0.29, 0.717) is 5.56 Å². The van der Waals surface area contributed by atoms with Crippen molar-refractivity contribution < 1.29 is 19.3 Å². The highest BCUT2D eigenvalue weighted by Gasteiger charge is 2.09. The van der Waals surface area contributed by atoms with Crippen molar-refractivity contribution in [3.05, 3.63) is 36.4 Å². The number of ether oxygens (including phenoxy) is 1. The summed E-state index contributed by atoms with van der Waals surface area (Å²) in [5, 5.41) is 0. The lowest BCUT2D eigenvalue weighted by atomic mass is 10.2. The Morgan fingerprint density at radius 1 is 1.11 bits per heavy atom. The summed E-state index contributed by atoms with van der Waals surface area (Å²) < 4.78 is 5.47. The Hall–Kier alpha value is -1.55. The molecule has 0 amide bonds. The van der Waals surface area contributed by atoms with Crippen LogP contribution in [0.15, 0.2) is 24.3 Å². The molecule has 0 aliphatic carbocycles. The molecule has 4 nitrogen and oxygen atoms in total. The van der Waals surface area contributed by atoms with Gasteiger partial charge in [0.05, 0.1) is 11.7 Å². The molecule has 0 spiro atoms. The van der Waals surface area contributed by atoms with Crippen molar-refractivity contribution in [2.75, 3.05) is 0 Å². The van der Waals surface area contributed by atoms with Gasteiger partial charge in [-0.15, -0.1) is 0 Å². The summed E-state index contributed by atoms with van der Waals surface area (Å²) in [6, 6.07) is 6.73. The maximum absolute atomic E-state index is 11.6. The Kier molecular flexibility index (Phi) is 5.65. The van der Waals surface area contributed by atoms with Crippen molar-refractivity contribution in [2.45, 2.75) is 33.8 Å². The lowest BCUT2D eigenvalue weighted by Gasteiger charge is -2.09. The van der Waals surface area contributed by atoms with Gasteiger partial charge in [0.1, 0.15) is 12.4 Å². The van der Waals surface area contributed by atoms with Gasteiger partial charge in [-0.25, -0.2) is 4.79 Å². The minimum atomic E-state index is -0.525. The first-order valence-corrected chi connectivity index (χ1v) is 5.96. The van der Waals surface area contributed by atoms with Gasteiger partial charge in [-0.3, -0.25) is 4.89 Å². The first-order valence-electron chi connectivity index (χ1n) is 5.96. The van der Waals surface area contributed by atoms with Gasteiger partial charge in [0.15, 0.2) is 0 Å². The topological polar surface area (TPSA) is 44.8 Å². The summed E-state index contributed by atoms with van der Waals surface area (Å²) in [6.45, 7) is 9.18. The molecule has 0 aliphatic heterocycles. The molecular formula is C14H19O4. The van der Waals surface area contributed by atoms with Crippen molar-refractivity contribution in [3.63, 3.8) is 0 Å². The Balaban J connectivity index is 2.48. The molecule has 0 heterocycles. The van der Waals surface area contributed by atoms with Gasteiger partial charge >= 0.3 is 5.97 Å². The maximum Gasteiger partial charge on any atom is 0.373 e. The number of rotatable bonds is 6. The first kappa shape index (κ1) is 14.5. The molecule has 0 aromatic heterocycles. The van der Waals surface area contributed by atoms with E-state index in [1.54, 1.807) is 24.3 Å². The molecule has 0 saturated heterocycles. The number of hydrogen-bond donors (Lipinski definition) is 0. The van der Waals surface area contributed by atoms with E-state index in [9.17, 15) is 4.79 Å². The van der Waals surface area contributed by atoms with Gasteiger partial charge in [-0.1, -0.05) is 13.8 Å². The predicted octanol–water partition coefficient (Wildman–Crippen LogP) is 3.38. The summed E-state index contributed by atoms with van der Waals surface area (Å²) >= 11 is 0. The molecule has 4 heteroatoms. The third kappa shape index (κ3) is 5.19. The molecule has 1 radical (unpaired) electrons. The fourth-order valence-electron chi connectivity index (χ4n) is 1.17. The number of carbonyl (C=O) groups excluding carboxylic acids is 1. The van der Waals surface area contributed by atoms with E-state index in [2.05, 4.69) is 4.89 Å². The predicted molar refractivity (Wildman–Crippen MR) is 67.8 cm³/mol. The number of benzene rings is 1. The number of carbonyl (C=O) groups is 1. The third-order valence-electron chi connectivity index (χ3n) is 1.91. The Morgan fingerprint density at radius 2 is 1.72 bits per heavy atom. The molecule has 1 rings (SSSR count). The fraction of sp³-hybridized carbons (Fsp3) is 0.429. The highest BCUT2D eigenvalue weighted by Crippen LogP contribution is 2.14. The zero-order valence-corrected chi connectivity index (χ0v) is 11.2. The van der Waals surface area contributed by atoms with Gasteiger partial charge in [-0.05, 0) is 44.0 Å². The van der Waals surface area contributed by atoms with Crippen LogP contribution in [0.3, 0.4) is 0 Å². The van der Waals surface area contributed by atoms with Gasteiger partial charge in [-0.2, -0.15) is 4.89 Å². The minimum absolute atomic E-state index is 0.103. The van der Waals surface area contributed by atoms with Crippen molar-refractivity contribution in [2.24, 2.45) is 5.92 Å². The van der Waals surface area contributed by atoms with Crippen molar-refractivity contribution >= 4 is 5.97 Å². The summed E-state index contributed by atoms with van der Waals surface area (Å²) in [5.41, 5.74) is 0.420. The summed E-state index contributed by atoms with van der Waals surface area (Å²) in [4.78, 5) is 20.9. The average molecular weight is 251 g/mol. The molecular weight excluding hydrogens is 232 g/mol. The third-order valence-corrected chi connectivity index (χ3v) is 1.91. The first-order chi connectivity index (χ1) is 8.49. The molecule has 0 saturated carbocycles. The molecule has 0 unspecified atom stereocenters. The highest BCUT2D eigenvalue weighted by molar-refractivity contribution is 5.89. The largest absolute Gasteiger partial charge is 0.491 e. The molecule has 0 aliphatic rings. The van der Waals surface area contributed by atoms with E-state index in [1.807, 2.05) is 27.7 Å². The molecule has 18 heavy (non-hydrogen) atoms. The second kappa shape index (κ2) is 7.01. The van der Waals surface area contributed by atoms with Crippen LogP contribution < -0.4 is 4.74 Å². The standard InChI is InChI=1S/C14H19O4/c1-10(2)9-16-18-14(15)12-5-7-13(8-6-12)17-11(3)4/h5-11H,1-4H3. The van der Waals surface area contributed by atoms with Crippen LogP contribution in [0.2, 0.25) is 0 Å². The lowest BCUT2D eigenvalue weighted by Crippen LogP contribution is -2.08. The van der Waals surface area contributed by atoms with Gasteiger partial charge < -0.3 is 4.74 Å². The summed E-state index contributed by atoms with van der Waals surface area (Å²) in [5.74, 6) is 0.388. The lowest BCUT2D eigenvalue weighted by molar-refractivity contribution is -0.217. The normalized spacial score (nSPS) is 10.8. The van der Waals surface area contributed by atoms with E-state index in [0.717, 1.165) is 5.75 Å². The quantitative estimate of drug-likeness (QED) is 0.574. The smallest absolute Gasteiger partial charge is 0.373 e. The molecule has 99 valence electrons. The van der Waals surface area contributed by atoms with Crippen LogP contribution in [0.1, 0.15) is 38.1 Å². The maximum atomic E-state index is 11.6. The van der Waals surface area contributed by atoms with Crippen molar-refractivity contribution in [3.8, 4) is 5.75 Å². The minimum Gasteiger partial charge on any atom is -0.491 e. The monoisotopic (exact) mass is 251 g/mol. The van der Waals surface area contributed by atoms with Gasteiger partial charge in [0, 0.05) is 0 Å². The highest BCUT2D eigenvalue weighted by atomic mass is 17.2. The molecule has 0 atom stereocenters. The van der Waals surface area contributed by atoms with E-state index >= 15 is 0 Å². The second-order valence-electron chi connectivity index (χ2n) is 4.54. The van der Waals surface area contributed by atoms with Crippen molar-refractivity contribution in [1.29, 1.82) is 0 Å². The molecule has 0 fully saturated rings. The van der Waals surface area contributed by atoms with Crippen LogP contribution in [0, 0.1) is 12.5 Å². The van der Waals surface area contributed by atoms with Crippen LogP contribution in [0.5, 0.6) is 5.75 Å². The van der Waals surface area contributed by atoms with E-state index in [1.165, 1.54) is 6.61 Å². The number of hydrogen-bond acceptors (Lipinski definition) is 4. The summed E-state index contributed by atoms with van der Waals surface area (Å²) in [6.07, 6.45) is 0.103. The Bertz CT molecular complexity index is 368. The SMILES string of the molecule is CC(C)[CH]OOC(=O)c1ccc(OC(C)C)cc1. The van der Waals surface area contributed by atoms with Crippen LogP contribution in [-0.2, 0) is 9.78 Å². The summed E-state index contributed by atoms with van der Waals surface area (Å²) in [7, 11) is 0. The molecule has 1 aromatic rings. The fourth-order valence-corrected chi connectivity index (χ4v) is 1.17. The van der Waals surface area contributed by atoms with Gasteiger partial charge in [0.25, 0.3) is 0 Å². The zero-order valence-electron chi connectivity index (χ0n) is 11.2. The average Bonchev–Trinajstić information content (AvgIpc) is 2.28. The Morgan fingerprint density at radius 3 is 2.22 bits per heavy atom. The van der Waals surface area contributed by atoms with Gasteiger partial charge in [0.2, 0.25) is 0 Å².